The van der Waals surface area contributed by atoms with Crippen molar-refractivity contribution in [2.45, 2.75) is 74.8 Å². The predicted molar refractivity (Wildman–Crippen MR) is 164 cm³/mol. The number of pyridine rings is 1. The normalized spacial score (nSPS) is 27.5. The van der Waals surface area contributed by atoms with Crippen LogP contribution in [0.4, 0.5) is 23.2 Å². The summed E-state index contributed by atoms with van der Waals surface area (Å²) >= 11 is 0. The zero-order valence-corrected chi connectivity index (χ0v) is 25.3. The number of carboxylic acids is 1. The van der Waals surface area contributed by atoms with Crippen LogP contribution in [-0.2, 0) is 20.6 Å². The number of aromatic nitrogens is 1. The molecule has 5 atom stereocenters. The van der Waals surface area contributed by atoms with E-state index in [2.05, 4.69) is 15.6 Å². The molecule has 1 saturated heterocycles. The smallest absolute Gasteiger partial charge is 0.419 e. The standard InChI is InChI=1S/C34H34F4N4O5/c35-26-13-12-22(16-25(26)34(36,37)38)40-27-11-5-3-1-2-4-9-21-18-33(21,32(45)46)41-29(43)28-17-23(19-42(28)31(27)44)47-30-24-10-7-6-8-20(24)14-15-39-30/h4,6-10,12-16,21,23,27-28,40H,1-3,5,11,17-19H2,(H,41,43)(H,45,46)/b9-4-/t21-,23-,27+,28+,33-/m1/s1. The van der Waals surface area contributed by atoms with E-state index >= 15 is 0 Å². The van der Waals surface area contributed by atoms with E-state index in [-0.39, 0.29) is 31.5 Å². The number of hydrogen-bond acceptors (Lipinski definition) is 6. The fourth-order valence-corrected chi connectivity index (χ4v) is 6.52. The zero-order valence-electron chi connectivity index (χ0n) is 25.3. The Morgan fingerprint density at radius 2 is 1.91 bits per heavy atom. The lowest BCUT2D eigenvalue weighted by Gasteiger charge is -2.30. The van der Waals surface area contributed by atoms with Crippen LogP contribution in [0.15, 0.2) is 66.9 Å². The van der Waals surface area contributed by atoms with Crippen LogP contribution in [-0.4, -0.2) is 63.0 Å². The first-order valence-electron chi connectivity index (χ1n) is 15.6. The highest BCUT2D eigenvalue weighted by Crippen LogP contribution is 2.45. The van der Waals surface area contributed by atoms with Crippen LogP contribution in [0.3, 0.4) is 0 Å². The van der Waals surface area contributed by atoms with Crippen LogP contribution < -0.4 is 15.4 Å². The number of fused-ring (bicyclic) bond motifs is 3. The summed E-state index contributed by atoms with van der Waals surface area (Å²) in [5.41, 5.74) is -3.07. The van der Waals surface area contributed by atoms with E-state index in [1.165, 1.54) is 4.90 Å². The topological polar surface area (TPSA) is 121 Å². The van der Waals surface area contributed by atoms with Crippen molar-refractivity contribution in [2.75, 3.05) is 11.9 Å². The van der Waals surface area contributed by atoms with Crippen molar-refractivity contribution >= 4 is 34.2 Å². The number of hydrogen-bond donors (Lipinski definition) is 3. The van der Waals surface area contributed by atoms with Gasteiger partial charge in [-0.05, 0) is 61.4 Å². The van der Waals surface area contributed by atoms with E-state index in [1.807, 2.05) is 36.4 Å². The van der Waals surface area contributed by atoms with Crippen molar-refractivity contribution < 1.29 is 41.8 Å². The molecule has 1 aromatic heterocycles. The Hall–Kier alpha value is -4.68. The Morgan fingerprint density at radius 3 is 2.70 bits per heavy atom. The van der Waals surface area contributed by atoms with Gasteiger partial charge in [0, 0.05) is 29.6 Å². The number of allylic oxidation sites excluding steroid dienone is 1. The van der Waals surface area contributed by atoms with Gasteiger partial charge in [-0.3, -0.25) is 9.59 Å². The van der Waals surface area contributed by atoms with E-state index < -0.39 is 65.0 Å². The Bertz CT molecular complexity index is 1710. The summed E-state index contributed by atoms with van der Waals surface area (Å²) < 4.78 is 60.8. The molecular weight excluding hydrogens is 620 g/mol. The fourth-order valence-electron chi connectivity index (χ4n) is 6.52. The van der Waals surface area contributed by atoms with Crippen LogP contribution in [0.5, 0.6) is 5.88 Å². The lowest BCUT2D eigenvalue weighted by molar-refractivity contribution is -0.145. The number of benzene rings is 2. The first-order valence-corrected chi connectivity index (χ1v) is 15.6. The maximum atomic E-state index is 14.3. The van der Waals surface area contributed by atoms with Gasteiger partial charge in [-0.25, -0.2) is 14.2 Å². The fraction of sp³-hybridized carbons (Fsp3) is 0.412. The summed E-state index contributed by atoms with van der Waals surface area (Å²) in [5.74, 6) is -3.94. The number of ether oxygens (including phenoxy) is 1. The van der Waals surface area contributed by atoms with Crippen LogP contribution in [0.25, 0.3) is 10.8 Å². The molecule has 3 aliphatic rings. The Labute approximate surface area is 268 Å². The SMILES string of the molecule is O=C1N[C@]2(C(=O)O)C[C@H]2/C=C\CCCCC[C@H](Nc2ccc(F)c(C(F)(F)F)c2)C(=O)N2C[C@H](Oc3nccc4ccccc34)C[C@@H]12. The number of rotatable bonds is 5. The minimum absolute atomic E-state index is 0.0279. The molecule has 2 aliphatic heterocycles. The van der Waals surface area contributed by atoms with Gasteiger partial charge < -0.3 is 25.4 Å². The van der Waals surface area contributed by atoms with Crippen LogP contribution in [0.1, 0.15) is 50.5 Å². The Balaban J connectivity index is 1.32. The molecule has 2 aromatic carbocycles. The number of nitrogens with zero attached hydrogens (tertiary/aromatic N) is 2. The van der Waals surface area contributed by atoms with Gasteiger partial charge in [0.15, 0.2) is 0 Å². The molecule has 1 saturated carbocycles. The van der Waals surface area contributed by atoms with Gasteiger partial charge >= 0.3 is 12.1 Å². The van der Waals surface area contributed by atoms with Crippen molar-refractivity contribution in [3.63, 3.8) is 0 Å². The lowest BCUT2D eigenvalue weighted by atomic mass is 10.0. The number of carbonyl (C=O) groups excluding carboxylic acids is 2. The predicted octanol–water partition coefficient (Wildman–Crippen LogP) is 5.70. The molecule has 3 heterocycles. The van der Waals surface area contributed by atoms with Crippen molar-refractivity contribution in [3.05, 3.63) is 78.3 Å². The molecule has 0 spiro atoms. The van der Waals surface area contributed by atoms with Gasteiger partial charge in [0.2, 0.25) is 17.7 Å². The van der Waals surface area contributed by atoms with E-state index in [4.69, 9.17) is 4.74 Å². The van der Waals surface area contributed by atoms with Gasteiger partial charge in [-0.15, -0.1) is 0 Å². The summed E-state index contributed by atoms with van der Waals surface area (Å²) in [6.45, 7) is -0.0549. The molecule has 3 aromatic rings. The van der Waals surface area contributed by atoms with Crippen molar-refractivity contribution in [1.82, 2.24) is 15.2 Å². The maximum Gasteiger partial charge on any atom is 0.419 e. The molecule has 3 N–H and O–H groups in total. The van der Waals surface area contributed by atoms with Crippen LogP contribution in [0.2, 0.25) is 0 Å². The van der Waals surface area contributed by atoms with Gasteiger partial charge in [0.1, 0.15) is 29.5 Å². The minimum atomic E-state index is -4.94. The molecule has 0 unspecified atom stereocenters. The number of halogens is 4. The monoisotopic (exact) mass is 654 g/mol. The minimum Gasteiger partial charge on any atom is -0.479 e. The molecule has 0 radical (unpaired) electrons. The summed E-state index contributed by atoms with van der Waals surface area (Å²) in [6, 6.07) is 9.50. The summed E-state index contributed by atoms with van der Waals surface area (Å²) in [5, 5.41) is 17.2. The summed E-state index contributed by atoms with van der Waals surface area (Å²) in [6.07, 6.45) is 2.73. The van der Waals surface area contributed by atoms with E-state index in [9.17, 15) is 37.1 Å². The molecule has 248 valence electrons. The summed E-state index contributed by atoms with van der Waals surface area (Å²) in [7, 11) is 0. The van der Waals surface area contributed by atoms with Crippen LogP contribution in [0, 0.1) is 11.7 Å². The number of carboxylic acid groups (broad SMARTS) is 1. The van der Waals surface area contributed by atoms with Crippen molar-refractivity contribution in [3.8, 4) is 5.88 Å². The van der Waals surface area contributed by atoms with Crippen LogP contribution >= 0.6 is 0 Å². The number of nitrogens with one attached hydrogen (secondary N) is 2. The van der Waals surface area contributed by atoms with Gasteiger partial charge in [-0.2, -0.15) is 13.2 Å². The molecule has 1 aliphatic carbocycles. The van der Waals surface area contributed by atoms with Gasteiger partial charge in [-0.1, -0.05) is 43.2 Å². The number of alkyl halides is 3. The highest BCUT2D eigenvalue weighted by atomic mass is 19.4. The molecule has 0 bridgehead atoms. The first kappa shape index (κ1) is 32.3. The third kappa shape index (κ3) is 6.75. The lowest BCUT2D eigenvalue weighted by Crippen LogP contribution is -2.55. The second-order valence-electron chi connectivity index (χ2n) is 12.4. The number of anilines is 1. The second kappa shape index (κ2) is 12.8. The molecule has 6 rings (SSSR count). The van der Waals surface area contributed by atoms with Gasteiger partial charge in [0.05, 0.1) is 12.1 Å². The number of aliphatic carboxylic acids is 1. The quantitative estimate of drug-likeness (QED) is 0.239. The second-order valence-corrected chi connectivity index (χ2v) is 12.4. The van der Waals surface area contributed by atoms with E-state index in [0.29, 0.717) is 37.3 Å². The number of carbonyl (C=O) groups is 3. The Kier molecular flexibility index (Phi) is 8.82. The average molecular weight is 655 g/mol. The molecule has 2 amide bonds. The largest absolute Gasteiger partial charge is 0.479 e. The number of amides is 2. The molecular formula is C34H34F4N4O5. The van der Waals surface area contributed by atoms with Crippen molar-refractivity contribution in [1.29, 1.82) is 0 Å². The van der Waals surface area contributed by atoms with E-state index in [0.717, 1.165) is 23.3 Å². The first-order chi connectivity index (χ1) is 22.5. The van der Waals surface area contributed by atoms with E-state index in [1.54, 1.807) is 12.3 Å². The Morgan fingerprint density at radius 1 is 1.11 bits per heavy atom. The third-order valence-corrected chi connectivity index (χ3v) is 9.15. The molecule has 2 fully saturated rings. The third-order valence-electron chi connectivity index (χ3n) is 9.15. The average Bonchev–Trinajstić information content (AvgIpc) is 3.57. The molecule has 13 heteroatoms. The van der Waals surface area contributed by atoms with Gasteiger partial charge in [0.25, 0.3) is 0 Å². The summed E-state index contributed by atoms with van der Waals surface area (Å²) in [4.78, 5) is 46.1. The highest BCUT2D eigenvalue weighted by Gasteiger charge is 2.61. The van der Waals surface area contributed by atoms with Crippen molar-refractivity contribution in [2.24, 2.45) is 5.92 Å². The zero-order chi connectivity index (χ0) is 33.3. The molecule has 9 nitrogen and oxygen atoms in total. The maximum absolute atomic E-state index is 14.3. The molecule has 47 heavy (non-hydrogen) atoms. The highest BCUT2D eigenvalue weighted by molar-refractivity contribution is 5.96.